The van der Waals surface area contributed by atoms with Crippen LogP contribution in [0.1, 0.15) is 48.5 Å². The Morgan fingerprint density at radius 3 is 2.36 bits per heavy atom. The van der Waals surface area contributed by atoms with Crippen LogP contribution >= 0.6 is 0 Å². The Morgan fingerprint density at radius 2 is 1.84 bits per heavy atom. The van der Waals surface area contributed by atoms with E-state index >= 15 is 0 Å². The van der Waals surface area contributed by atoms with Crippen molar-refractivity contribution in [1.82, 2.24) is 9.21 Å². The van der Waals surface area contributed by atoms with Crippen molar-refractivity contribution in [3.8, 4) is 0 Å². The zero-order chi connectivity index (χ0) is 18.2. The molecule has 7 heteroatoms. The summed E-state index contributed by atoms with van der Waals surface area (Å²) >= 11 is 0. The molecule has 0 aromatic heterocycles. The van der Waals surface area contributed by atoms with E-state index in [0.717, 1.165) is 25.6 Å². The minimum absolute atomic E-state index is 0.00350. The van der Waals surface area contributed by atoms with Gasteiger partial charge < -0.3 is 10.0 Å². The normalized spacial score (nSPS) is 20.1. The second-order valence-electron chi connectivity index (χ2n) is 7.36. The van der Waals surface area contributed by atoms with Crippen LogP contribution in [0.25, 0.3) is 0 Å². The summed E-state index contributed by atoms with van der Waals surface area (Å²) in [6.45, 7) is 7.31. The predicted molar refractivity (Wildman–Crippen MR) is 95.4 cm³/mol. The average Bonchev–Trinajstić information content (AvgIpc) is 3.38. The van der Waals surface area contributed by atoms with Crippen molar-refractivity contribution >= 4 is 16.0 Å². The maximum absolute atomic E-state index is 13.1. The minimum Gasteiger partial charge on any atom is -0.478 e. The molecule has 2 fully saturated rings. The highest BCUT2D eigenvalue weighted by atomic mass is 32.2. The Hall–Kier alpha value is -1.44. The van der Waals surface area contributed by atoms with Gasteiger partial charge in [0, 0.05) is 32.7 Å². The number of carboxylic acid groups (broad SMARTS) is 1. The summed E-state index contributed by atoms with van der Waals surface area (Å²) < 4.78 is 27.8. The lowest BCUT2D eigenvalue weighted by Gasteiger charge is -2.34. The standard InChI is InChI=1S/C18H26N2O4S/c1-13(2)16-6-5-15(18(21)22)11-17(16)25(23,24)20-9-7-19(8-10-20)12-14-3-4-14/h5-6,11,13-14H,3-4,7-10,12H2,1-2H3,(H,21,22). The summed E-state index contributed by atoms with van der Waals surface area (Å²) in [4.78, 5) is 13.7. The van der Waals surface area contributed by atoms with Gasteiger partial charge in [-0.05, 0) is 42.4 Å². The van der Waals surface area contributed by atoms with Crippen LogP contribution in [0.3, 0.4) is 0 Å². The second-order valence-corrected chi connectivity index (χ2v) is 9.27. The summed E-state index contributed by atoms with van der Waals surface area (Å²) in [7, 11) is -3.69. The Kier molecular flexibility index (Phi) is 5.18. The quantitative estimate of drug-likeness (QED) is 0.835. The van der Waals surface area contributed by atoms with Crippen LogP contribution in [-0.4, -0.2) is 61.4 Å². The van der Waals surface area contributed by atoms with Crippen molar-refractivity contribution < 1.29 is 18.3 Å². The van der Waals surface area contributed by atoms with E-state index in [9.17, 15) is 18.3 Å². The van der Waals surface area contributed by atoms with Crippen LogP contribution in [0.4, 0.5) is 0 Å². The van der Waals surface area contributed by atoms with Crippen molar-refractivity contribution in [3.63, 3.8) is 0 Å². The van der Waals surface area contributed by atoms with Gasteiger partial charge in [0.25, 0.3) is 0 Å². The fourth-order valence-electron chi connectivity index (χ4n) is 3.32. The van der Waals surface area contributed by atoms with E-state index in [1.165, 1.54) is 29.3 Å². The predicted octanol–water partition coefficient (Wildman–Crippen LogP) is 2.22. The molecule has 1 aliphatic carbocycles. The molecule has 0 spiro atoms. The third-order valence-corrected chi connectivity index (χ3v) is 7.00. The first-order valence-electron chi connectivity index (χ1n) is 8.89. The number of carboxylic acids is 1. The smallest absolute Gasteiger partial charge is 0.335 e. The molecule has 0 amide bonds. The maximum Gasteiger partial charge on any atom is 0.335 e. The van der Waals surface area contributed by atoms with Gasteiger partial charge >= 0.3 is 5.97 Å². The molecule has 25 heavy (non-hydrogen) atoms. The molecule has 1 aliphatic heterocycles. The molecule has 1 saturated heterocycles. The van der Waals surface area contributed by atoms with E-state index in [1.807, 2.05) is 13.8 Å². The number of hydrogen-bond acceptors (Lipinski definition) is 4. The molecule has 0 radical (unpaired) electrons. The van der Waals surface area contributed by atoms with Crippen LogP contribution in [0.15, 0.2) is 23.1 Å². The number of hydrogen-bond donors (Lipinski definition) is 1. The molecular formula is C18H26N2O4S. The first-order chi connectivity index (χ1) is 11.8. The zero-order valence-electron chi connectivity index (χ0n) is 14.8. The van der Waals surface area contributed by atoms with Gasteiger partial charge in [0.05, 0.1) is 10.5 Å². The maximum atomic E-state index is 13.1. The molecule has 3 rings (SSSR count). The van der Waals surface area contributed by atoms with Crippen molar-refractivity contribution in [2.24, 2.45) is 5.92 Å². The fourth-order valence-corrected chi connectivity index (χ4v) is 5.12. The number of sulfonamides is 1. The van der Waals surface area contributed by atoms with Crippen molar-refractivity contribution in [2.45, 2.75) is 37.5 Å². The summed E-state index contributed by atoms with van der Waals surface area (Å²) in [5.41, 5.74) is 0.681. The third kappa shape index (κ3) is 4.04. The number of carbonyl (C=O) groups is 1. The second kappa shape index (κ2) is 7.05. The molecule has 0 unspecified atom stereocenters. The van der Waals surface area contributed by atoms with Crippen molar-refractivity contribution in [2.75, 3.05) is 32.7 Å². The lowest BCUT2D eigenvalue weighted by atomic mass is 10.0. The molecule has 0 bridgehead atoms. The monoisotopic (exact) mass is 366 g/mol. The number of rotatable bonds is 6. The highest BCUT2D eigenvalue weighted by Crippen LogP contribution is 2.31. The molecule has 1 aromatic carbocycles. The van der Waals surface area contributed by atoms with Gasteiger partial charge in [-0.1, -0.05) is 19.9 Å². The van der Waals surface area contributed by atoms with Gasteiger partial charge in [0.2, 0.25) is 10.0 Å². The molecule has 1 N–H and O–H groups in total. The van der Waals surface area contributed by atoms with Gasteiger partial charge in [0.15, 0.2) is 0 Å². The van der Waals surface area contributed by atoms with Gasteiger partial charge in [-0.3, -0.25) is 0 Å². The van der Waals surface area contributed by atoms with Crippen LogP contribution in [0.5, 0.6) is 0 Å². The molecular weight excluding hydrogens is 340 g/mol. The van der Waals surface area contributed by atoms with Crippen LogP contribution in [-0.2, 0) is 10.0 Å². The summed E-state index contributed by atoms with van der Waals surface area (Å²) in [6.07, 6.45) is 2.58. The zero-order valence-corrected chi connectivity index (χ0v) is 15.6. The fraction of sp³-hybridized carbons (Fsp3) is 0.611. The van der Waals surface area contributed by atoms with Gasteiger partial charge in [-0.25, -0.2) is 13.2 Å². The number of aromatic carboxylic acids is 1. The first kappa shape index (κ1) is 18.4. The topological polar surface area (TPSA) is 77.9 Å². The Morgan fingerprint density at radius 1 is 1.20 bits per heavy atom. The van der Waals surface area contributed by atoms with E-state index in [0.29, 0.717) is 18.7 Å². The lowest BCUT2D eigenvalue weighted by molar-refractivity contribution is 0.0696. The Balaban J connectivity index is 1.83. The average molecular weight is 366 g/mol. The van der Waals surface area contributed by atoms with Crippen LogP contribution in [0, 0.1) is 5.92 Å². The highest BCUT2D eigenvalue weighted by molar-refractivity contribution is 7.89. The Labute approximate surface area is 149 Å². The van der Waals surface area contributed by atoms with E-state index in [2.05, 4.69) is 4.90 Å². The molecule has 2 aliphatic rings. The van der Waals surface area contributed by atoms with E-state index in [1.54, 1.807) is 6.07 Å². The lowest BCUT2D eigenvalue weighted by Crippen LogP contribution is -2.49. The number of benzene rings is 1. The molecule has 138 valence electrons. The molecule has 1 saturated carbocycles. The van der Waals surface area contributed by atoms with Crippen LogP contribution < -0.4 is 0 Å². The van der Waals surface area contributed by atoms with Gasteiger partial charge in [-0.2, -0.15) is 4.31 Å². The van der Waals surface area contributed by atoms with Crippen molar-refractivity contribution in [3.05, 3.63) is 29.3 Å². The summed E-state index contributed by atoms with van der Waals surface area (Å²) in [6, 6.07) is 4.41. The van der Waals surface area contributed by atoms with E-state index < -0.39 is 16.0 Å². The van der Waals surface area contributed by atoms with Gasteiger partial charge in [-0.15, -0.1) is 0 Å². The number of piperazine rings is 1. The Bertz CT molecular complexity index is 748. The first-order valence-corrected chi connectivity index (χ1v) is 10.3. The van der Waals surface area contributed by atoms with E-state index in [-0.39, 0.29) is 16.4 Å². The molecule has 6 nitrogen and oxygen atoms in total. The molecule has 1 heterocycles. The van der Waals surface area contributed by atoms with Crippen LogP contribution in [0.2, 0.25) is 0 Å². The van der Waals surface area contributed by atoms with Gasteiger partial charge in [0.1, 0.15) is 0 Å². The summed E-state index contributed by atoms with van der Waals surface area (Å²) in [5, 5.41) is 9.22. The third-order valence-electron chi connectivity index (χ3n) is 5.04. The SMILES string of the molecule is CC(C)c1ccc(C(=O)O)cc1S(=O)(=O)N1CCN(CC2CC2)CC1. The van der Waals surface area contributed by atoms with E-state index in [4.69, 9.17) is 0 Å². The van der Waals surface area contributed by atoms with Crippen molar-refractivity contribution in [1.29, 1.82) is 0 Å². The number of nitrogens with zero attached hydrogens (tertiary/aromatic N) is 2. The summed E-state index contributed by atoms with van der Waals surface area (Å²) in [5.74, 6) is -0.312. The molecule has 1 aromatic rings. The highest BCUT2D eigenvalue weighted by Gasteiger charge is 2.33. The molecule has 0 atom stereocenters. The minimum atomic E-state index is -3.69. The largest absolute Gasteiger partial charge is 0.478 e.